The van der Waals surface area contributed by atoms with Crippen LogP contribution in [0.5, 0.6) is 0 Å². The molecule has 1 heteroatoms. The quantitative estimate of drug-likeness (QED) is 0.638. The third-order valence-corrected chi connectivity index (χ3v) is 6.59. The number of aliphatic hydroxyl groups excluding tert-OH is 1. The van der Waals surface area contributed by atoms with E-state index in [1.54, 1.807) is 0 Å². The third-order valence-electron chi connectivity index (χ3n) is 6.59. The van der Waals surface area contributed by atoms with Crippen LogP contribution in [0.3, 0.4) is 0 Å². The molecule has 18 heavy (non-hydrogen) atoms. The van der Waals surface area contributed by atoms with E-state index < -0.39 is 0 Å². The Balaban J connectivity index is 1.95. The van der Waals surface area contributed by atoms with E-state index in [4.69, 9.17) is 0 Å². The first-order valence-electron chi connectivity index (χ1n) is 7.80. The molecule has 1 unspecified atom stereocenters. The molecule has 3 aliphatic rings. The highest BCUT2D eigenvalue weighted by Gasteiger charge is 2.55. The Kier molecular flexibility index (Phi) is 2.89. The van der Waals surface area contributed by atoms with Crippen molar-refractivity contribution in [1.29, 1.82) is 0 Å². The summed E-state index contributed by atoms with van der Waals surface area (Å²) in [6.07, 6.45) is 12.0. The molecule has 102 valence electrons. The molecule has 0 aliphatic heterocycles. The minimum Gasteiger partial charge on any atom is -0.389 e. The standard InChI is InChI=1S/C17H28O/c1-16(2)10-5-11-17(3)13-6-4-7-14(18)12(13)8-9-15(16)17/h4,7,12-15,18H,5-6,8-11H2,1-3H3/t12-,13+,14?,15+,17-/m1/s1. The van der Waals surface area contributed by atoms with E-state index in [9.17, 15) is 5.11 Å². The summed E-state index contributed by atoms with van der Waals surface area (Å²) in [4.78, 5) is 0. The lowest BCUT2D eigenvalue weighted by atomic mass is 9.45. The number of fused-ring (bicyclic) bond motifs is 3. The number of hydrogen-bond donors (Lipinski definition) is 1. The van der Waals surface area contributed by atoms with E-state index in [0.717, 1.165) is 11.8 Å². The Morgan fingerprint density at radius 3 is 2.67 bits per heavy atom. The van der Waals surface area contributed by atoms with E-state index in [2.05, 4.69) is 26.8 Å². The molecule has 0 radical (unpaired) electrons. The van der Waals surface area contributed by atoms with Gasteiger partial charge < -0.3 is 5.11 Å². The van der Waals surface area contributed by atoms with Crippen LogP contribution < -0.4 is 0 Å². The van der Waals surface area contributed by atoms with Crippen molar-refractivity contribution in [3.8, 4) is 0 Å². The summed E-state index contributed by atoms with van der Waals surface area (Å²) in [5.41, 5.74) is 0.973. The summed E-state index contributed by atoms with van der Waals surface area (Å²) >= 11 is 0. The molecule has 0 aromatic carbocycles. The highest BCUT2D eigenvalue weighted by Crippen LogP contribution is 2.62. The van der Waals surface area contributed by atoms with Crippen LogP contribution in [0.2, 0.25) is 0 Å². The van der Waals surface area contributed by atoms with Crippen LogP contribution in [0, 0.1) is 28.6 Å². The SMILES string of the molecule is CC1(C)CCC[C@]2(C)[C@H]3CC=CC(O)[C@@H]3CC[C@@H]12. The van der Waals surface area contributed by atoms with Gasteiger partial charge in [-0.1, -0.05) is 39.3 Å². The highest BCUT2D eigenvalue weighted by atomic mass is 16.3. The lowest BCUT2D eigenvalue weighted by Gasteiger charge is -2.60. The molecule has 0 spiro atoms. The molecule has 0 saturated heterocycles. The first-order chi connectivity index (χ1) is 8.45. The molecule has 0 bridgehead atoms. The van der Waals surface area contributed by atoms with Crippen molar-refractivity contribution in [3.05, 3.63) is 12.2 Å². The number of allylic oxidation sites excluding steroid dienone is 1. The average molecular weight is 248 g/mol. The summed E-state index contributed by atoms with van der Waals surface area (Å²) in [5, 5.41) is 10.3. The molecule has 3 aliphatic carbocycles. The largest absolute Gasteiger partial charge is 0.389 e. The summed E-state index contributed by atoms with van der Waals surface area (Å²) in [7, 11) is 0. The van der Waals surface area contributed by atoms with Gasteiger partial charge >= 0.3 is 0 Å². The molecule has 1 nitrogen and oxygen atoms in total. The summed E-state index contributed by atoms with van der Waals surface area (Å²) in [6.45, 7) is 7.48. The van der Waals surface area contributed by atoms with Gasteiger partial charge in [-0.05, 0) is 60.7 Å². The van der Waals surface area contributed by atoms with Gasteiger partial charge in [0.05, 0.1) is 6.10 Å². The first-order valence-corrected chi connectivity index (χ1v) is 7.80. The van der Waals surface area contributed by atoms with Crippen LogP contribution in [0.1, 0.15) is 59.3 Å². The Morgan fingerprint density at radius 1 is 1.11 bits per heavy atom. The monoisotopic (exact) mass is 248 g/mol. The number of aliphatic hydroxyl groups is 1. The van der Waals surface area contributed by atoms with Gasteiger partial charge in [0.25, 0.3) is 0 Å². The minimum atomic E-state index is -0.174. The smallest absolute Gasteiger partial charge is 0.0752 e. The van der Waals surface area contributed by atoms with Crippen molar-refractivity contribution < 1.29 is 5.11 Å². The van der Waals surface area contributed by atoms with Gasteiger partial charge in [-0.15, -0.1) is 0 Å². The van der Waals surface area contributed by atoms with Crippen LogP contribution in [-0.4, -0.2) is 11.2 Å². The highest BCUT2D eigenvalue weighted by molar-refractivity contribution is 5.11. The van der Waals surface area contributed by atoms with Crippen molar-refractivity contribution in [2.24, 2.45) is 28.6 Å². The zero-order valence-corrected chi connectivity index (χ0v) is 12.2. The van der Waals surface area contributed by atoms with Crippen LogP contribution >= 0.6 is 0 Å². The zero-order chi connectivity index (χ0) is 13.0. The summed E-state index contributed by atoms with van der Waals surface area (Å²) in [5.74, 6) is 2.11. The summed E-state index contributed by atoms with van der Waals surface area (Å²) < 4.78 is 0. The molecule has 0 aromatic rings. The molecule has 2 fully saturated rings. The van der Waals surface area contributed by atoms with Crippen molar-refractivity contribution in [1.82, 2.24) is 0 Å². The third kappa shape index (κ3) is 1.70. The summed E-state index contributed by atoms with van der Waals surface area (Å²) in [6, 6.07) is 0. The predicted octanol–water partition coefficient (Wildman–Crippen LogP) is 4.17. The van der Waals surface area contributed by atoms with Crippen molar-refractivity contribution >= 4 is 0 Å². The van der Waals surface area contributed by atoms with Crippen LogP contribution in [0.15, 0.2) is 12.2 Å². The zero-order valence-electron chi connectivity index (χ0n) is 12.2. The van der Waals surface area contributed by atoms with Gasteiger partial charge in [0.2, 0.25) is 0 Å². The average Bonchev–Trinajstić information content (AvgIpc) is 2.29. The Labute approximate surface area is 112 Å². The Hall–Kier alpha value is -0.300. The molecule has 1 N–H and O–H groups in total. The van der Waals surface area contributed by atoms with Crippen molar-refractivity contribution in [3.63, 3.8) is 0 Å². The van der Waals surface area contributed by atoms with E-state index in [1.165, 1.54) is 38.5 Å². The van der Waals surface area contributed by atoms with E-state index in [0.29, 0.717) is 16.7 Å². The predicted molar refractivity (Wildman–Crippen MR) is 75.2 cm³/mol. The fourth-order valence-electron chi connectivity index (χ4n) is 5.74. The van der Waals surface area contributed by atoms with Gasteiger partial charge in [-0.25, -0.2) is 0 Å². The molecule has 0 heterocycles. The Morgan fingerprint density at radius 2 is 1.89 bits per heavy atom. The number of hydrogen-bond acceptors (Lipinski definition) is 1. The second-order valence-electron chi connectivity index (χ2n) is 7.90. The van der Waals surface area contributed by atoms with Crippen LogP contribution in [0.4, 0.5) is 0 Å². The fourth-order valence-corrected chi connectivity index (χ4v) is 5.74. The van der Waals surface area contributed by atoms with Crippen LogP contribution in [-0.2, 0) is 0 Å². The van der Waals surface area contributed by atoms with Gasteiger partial charge in [0.1, 0.15) is 0 Å². The van der Waals surface area contributed by atoms with Gasteiger partial charge in [0, 0.05) is 0 Å². The molecular formula is C17H28O. The minimum absolute atomic E-state index is 0.174. The normalized spacial score (nSPS) is 50.4. The topological polar surface area (TPSA) is 20.2 Å². The molecular weight excluding hydrogens is 220 g/mol. The van der Waals surface area contributed by atoms with E-state index in [1.807, 2.05) is 6.08 Å². The fraction of sp³-hybridized carbons (Fsp3) is 0.882. The molecule has 2 saturated carbocycles. The molecule has 3 rings (SSSR count). The van der Waals surface area contributed by atoms with Gasteiger partial charge in [0.15, 0.2) is 0 Å². The van der Waals surface area contributed by atoms with Crippen molar-refractivity contribution in [2.75, 3.05) is 0 Å². The maximum absolute atomic E-state index is 10.3. The second-order valence-corrected chi connectivity index (χ2v) is 7.90. The lowest BCUT2D eigenvalue weighted by Crippen LogP contribution is -2.53. The van der Waals surface area contributed by atoms with Crippen molar-refractivity contribution in [2.45, 2.75) is 65.4 Å². The molecule has 5 atom stereocenters. The van der Waals surface area contributed by atoms with Gasteiger partial charge in [-0.2, -0.15) is 0 Å². The molecule has 0 aromatic heterocycles. The van der Waals surface area contributed by atoms with E-state index >= 15 is 0 Å². The second kappa shape index (κ2) is 4.10. The van der Waals surface area contributed by atoms with Crippen LogP contribution in [0.25, 0.3) is 0 Å². The number of rotatable bonds is 0. The van der Waals surface area contributed by atoms with Gasteiger partial charge in [-0.3, -0.25) is 0 Å². The maximum atomic E-state index is 10.3. The molecule has 0 amide bonds. The first kappa shape index (κ1) is 12.7. The maximum Gasteiger partial charge on any atom is 0.0752 e. The lowest BCUT2D eigenvalue weighted by molar-refractivity contribution is -0.116. The van der Waals surface area contributed by atoms with E-state index in [-0.39, 0.29) is 6.10 Å². The Bertz CT molecular complexity index is 357.